The summed E-state index contributed by atoms with van der Waals surface area (Å²) in [6, 6.07) is 12.8. The Bertz CT molecular complexity index is 891. The first-order valence-corrected chi connectivity index (χ1v) is 11.2. The van der Waals surface area contributed by atoms with E-state index in [1.54, 1.807) is 22.5 Å². The summed E-state index contributed by atoms with van der Waals surface area (Å²) < 4.78 is 27.4. The summed E-state index contributed by atoms with van der Waals surface area (Å²) in [5.41, 5.74) is 2.21. The van der Waals surface area contributed by atoms with Crippen LogP contribution < -0.4 is 0 Å². The molecule has 0 amide bonds. The van der Waals surface area contributed by atoms with Crippen LogP contribution in [-0.2, 0) is 16.6 Å². The minimum atomic E-state index is -3.45. The van der Waals surface area contributed by atoms with Gasteiger partial charge in [-0.15, -0.1) is 0 Å². The zero-order valence-electron chi connectivity index (χ0n) is 15.5. The summed E-state index contributed by atoms with van der Waals surface area (Å²) in [7, 11) is -3.45. The fourth-order valence-electron chi connectivity index (χ4n) is 3.20. The second-order valence-corrected chi connectivity index (χ2v) is 9.90. The van der Waals surface area contributed by atoms with Crippen LogP contribution in [0.1, 0.15) is 30.9 Å². The highest BCUT2D eigenvalue weighted by Crippen LogP contribution is 2.24. The highest BCUT2D eigenvalue weighted by atomic mass is 35.5. The fraction of sp³-hybridized carbons (Fsp3) is 0.400. The van der Waals surface area contributed by atoms with Crippen molar-refractivity contribution in [2.24, 2.45) is 0 Å². The molecular weight excluding hydrogens is 403 g/mol. The van der Waals surface area contributed by atoms with Gasteiger partial charge in [-0.1, -0.05) is 55.2 Å². The van der Waals surface area contributed by atoms with E-state index in [2.05, 4.69) is 18.7 Å². The molecule has 27 heavy (non-hydrogen) atoms. The second kappa shape index (κ2) is 8.50. The lowest BCUT2D eigenvalue weighted by molar-refractivity contribution is 0.181. The molecule has 0 bridgehead atoms. The van der Waals surface area contributed by atoms with E-state index in [0.717, 1.165) is 17.7 Å². The van der Waals surface area contributed by atoms with Gasteiger partial charge >= 0.3 is 0 Å². The van der Waals surface area contributed by atoms with Crippen molar-refractivity contribution < 1.29 is 8.42 Å². The van der Waals surface area contributed by atoms with E-state index < -0.39 is 10.0 Å². The number of benzene rings is 2. The quantitative estimate of drug-likeness (QED) is 0.699. The number of nitrogens with zero attached hydrogens (tertiary/aromatic N) is 2. The first-order chi connectivity index (χ1) is 12.8. The number of piperazine rings is 1. The SMILES string of the molecule is CC(C)c1ccc(S(=O)(=O)N2CCN(Cc3ccc(Cl)c(Cl)c3)CC2)cc1. The Hall–Kier alpha value is -1.11. The van der Waals surface area contributed by atoms with Crippen molar-refractivity contribution in [3.63, 3.8) is 0 Å². The number of halogens is 2. The number of hydrogen-bond donors (Lipinski definition) is 0. The molecular formula is C20H24Cl2N2O2S. The molecule has 0 spiro atoms. The number of hydrogen-bond acceptors (Lipinski definition) is 3. The lowest BCUT2D eigenvalue weighted by Gasteiger charge is -2.34. The van der Waals surface area contributed by atoms with Crippen LogP contribution in [0.2, 0.25) is 10.0 Å². The fourth-order valence-corrected chi connectivity index (χ4v) is 4.94. The van der Waals surface area contributed by atoms with Crippen LogP contribution >= 0.6 is 23.2 Å². The highest BCUT2D eigenvalue weighted by Gasteiger charge is 2.28. The Balaban J connectivity index is 1.62. The van der Waals surface area contributed by atoms with Gasteiger partial charge in [-0.2, -0.15) is 4.31 Å². The molecule has 0 unspecified atom stereocenters. The first-order valence-electron chi connectivity index (χ1n) is 9.04. The zero-order chi connectivity index (χ0) is 19.6. The van der Waals surface area contributed by atoms with Crippen molar-refractivity contribution in [3.05, 3.63) is 63.6 Å². The lowest BCUT2D eigenvalue weighted by atomic mass is 10.0. The molecule has 0 saturated carbocycles. The highest BCUT2D eigenvalue weighted by molar-refractivity contribution is 7.89. The maximum absolute atomic E-state index is 12.9. The molecule has 1 fully saturated rings. The van der Waals surface area contributed by atoms with Crippen molar-refractivity contribution in [1.82, 2.24) is 9.21 Å². The third kappa shape index (κ3) is 4.84. The maximum Gasteiger partial charge on any atom is 0.243 e. The van der Waals surface area contributed by atoms with Gasteiger partial charge in [0.15, 0.2) is 0 Å². The third-order valence-electron chi connectivity index (χ3n) is 4.91. The normalized spacial score (nSPS) is 16.8. The molecule has 3 rings (SSSR count). The van der Waals surface area contributed by atoms with E-state index >= 15 is 0 Å². The Morgan fingerprint density at radius 3 is 2.11 bits per heavy atom. The molecule has 2 aromatic rings. The summed E-state index contributed by atoms with van der Waals surface area (Å²) in [5.74, 6) is 0.381. The minimum Gasteiger partial charge on any atom is -0.296 e. The largest absolute Gasteiger partial charge is 0.296 e. The molecule has 1 heterocycles. The number of sulfonamides is 1. The smallest absolute Gasteiger partial charge is 0.243 e. The van der Waals surface area contributed by atoms with Crippen LogP contribution in [0.15, 0.2) is 47.4 Å². The average molecular weight is 427 g/mol. The molecule has 2 aromatic carbocycles. The molecule has 4 nitrogen and oxygen atoms in total. The van der Waals surface area contributed by atoms with E-state index in [-0.39, 0.29) is 0 Å². The first kappa shape index (κ1) is 20.6. The van der Waals surface area contributed by atoms with Gasteiger partial charge in [0.2, 0.25) is 10.0 Å². The lowest BCUT2D eigenvalue weighted by Crippen LogP contribution is -2.48. The van der Waals surface area contributed by atoms with Gasteiger partial charge in [0.1, 0.15) is 0 Å². The molecule has 146 valence electrons. The molecule has 1 saturated heterocycles. The standard InChI is InChI=1S/C20H24Cl2N2O2S/c1-15(2)17-4-6-18(7-5-17)27(25,26)24-11-9-23(10-12-24)14-16-3-8-19(21)20(22)13-16/h3-8,13,15H,9-12,14H2,1-2H3. The van der Waals surface area contributed by atoms with Crippen LogP contribution in [0, 0.1) is 0 Å². The van der Waals surface area contributed by atoms with Crippen LogP contribution in [0.4, 0.5) is 0 Å². The van der Waals surface area contributed by atoms with Crippen molar-refractivity contribution in [3.8, 4) is 0 Å². The maximum atomic E-state index is 12.9. The predicted molar refractivity (Wildman–Crippen MR) is 111 cm³/mol. The number of rotatable bonds is 5. The van der Waals surface area contributed by atoms with E-state index in [9.17, 15) is 8.42 Å². The molecule has 1 aliphatic rings. The molecule has 1 aliphatic heterocycles. The molecule has 0 atom stereocenters. The van der Waals surface area contributed by atoms with E-state index in [4.69, 9.17) is 23.2 Å². The topological polar surface area (TPSA) is 40.6 Å². The van der Waals surface area contributed by atoms with Gasteiger partial charge in [0, 0.05) is 32.7 Å². The Morgan fingerprint density at radius 2 is 1.56 bits per heavy atom. The Labute approximate surface area is 171 Å². The monoisotopic (exact) mass is 426 g/mol. The Kier molecular flexibility index (Phi) is 6.49. The second-order valence-electron chi connectivity index (χ2n) is 7.15. The van der Waals surface area contributed by atoms with Gasteiger partial charge < -0.3 is 0 Å². The van der Waals surface area contributed by atoms with Crippen molar-refractivity contribution in [1.29, 1.82) is 0 Å². The average Bonchev–Trinajstić information content (AvgIpc) is 2.65. The molecule has 0 aromatic heterocycles. The predicted octanol–water partition coefficient (Wildman–Crippen LogP) is 4.62. The van der Waals surface area contributed by atoms with E-state index in [1.165, 1.54) is 0 Å². The molecule has 7 heteroatoms. The summed E-state index contributed by atoms with van der Waals surface area (Å²) >= 11 is 12.0. The van der Waals surface area contributed by atoms with Gasteiger partial charge in [-0.05, 0) is 41.3 Å². The van der Waals surface area contributed by atoms with Crippen LogP contribution in [-0.4, -0.2) is 43.8 Å². The van der Waals surface area contributed by atoms with Gasteiger partial charge in [0.25, 0.3) is 0 Å². The summed E-state index contributed by atoms with van der Waals surface area (Å²) in [4.78, 5) is 2.60. The minimum absolute atomic E-state index is 0.366. The zero-order valence-corrected chi connectivity index (χ0v) is 17.9. The van der Waals surface area contributed by atoms with Crippen molar-refractivity contribution in [2.45, 2.75) is 31.2 Å². The molecule has 0 radical (unpaired) electrons. The van der Waals surface area contributed by atoms with Gasteiger partial charge in [-0.25, -0.2) is 8.42 Å². The Morgan fingerprint density at radius 1 is 0.926 bits per heavy atom. The van der Waals surface area contributed by atoms with Crippen molar-refractivity contribution in [2.75, 3.05) is 26.2 Å². The van der Waals surface area contributed by atoms with Gasteiger partial charge in [0.05, 0.1) is 14.9 Å². The summed E-state index contributed by atoms with van der Waals surface area (Å²) in [6.45, 7) is 7.25. The van der Waals surface area contributed by atoms with Crippen LogP contribution in [0.25, 0.3) is 0 Å². The van der Waals surface area contributed by atoms with E-state index in [0.29, 0.717) is 47.0 Å². The molecule has 0 aliphatic carbocycles. The third-order valence-corrected chi connectivity index (χ3v) is 7.56. The summed E-state index contributed by atoms with van der Waals surface area (Å²) in [6.07, 6.45) is 0. The molecule has 0 N–H and O–H groups in total. The van der Waals surface area contributed by atoms with Gasteiger partial charge in [-0.3, -0.25) is 4.90 Å². The van der Waals surface area contributed by atoms with Crippen molar-refractivity contribution >= 4 is 33.2 Å². The van der Waals surface area contributed by atoms with Crippen LogP contribution in [0.5, 0.6) is 0 Å². The van der Waals surface area contributed by atoms with Crippen LogP contribution in [0.3, 0.4) is 0 Å². The summed E-state index contributed by atoms with van der Waals surface area (Å²) in [5, 5.41) is 1.08. The van der Waals surface area contributed by atoms with E-state index in [1.807, 2.05) is 24.3 Å².